The highest BCUT2D eigenvalue weighted by molar-refractivity contribution is 7.18. The predicted octanol–water partition coefficient (Wildman–Crippen LogP) is 3.37. The molecule has 0 unspecified atom stereocenters. The lowest BCUT2D eigenvalue weighted by Crippen LogP contribution is -2.24. The molecule has 0 radical (unpaired) electrons. The number of aryl methyl sites for hydroxylation is 2. The monoisotopic (exact) mass is 319 g/mol. The summed E-state index contributed by atoms with van der Waals surface area (Å²) in [5, 5.41) is 9.17. The first-order valence-electron chi connectivity index (χ1n) is 7.15. The van der Waals surface area contributed by atoms with Gasteiger partial charge in [0.2, 0.25) is 5.13 Å². The van der Waals surface area contributed by atoms with Gasteiger partial charge in [0.05, 0.1) is 0 Å². The second kappa shape index (κ2) is 6.44. The van der Waals surface area contributed by atoms with Crippen molar-refractivity contribution in [3.8, 4) is 10.6 Å². The highest BCUT2D eigenvalue weighted by Crippen LogP contribution is 2.28. The van der Waals surface area contributed by atoms with Gasteiger partial charge in [-0.1, -0.05) is 29.5 Å². The second-order valence-electron chi connectivity index (χ2n) is 6.18. The third-order valence-electron chi connectivity index (χ3n) is 3.00. The van der Waals surface area contributed by atoms with Crippen molar-refractivity contribution in [1.82, 2.24) is 10.2 Å². The Morgan fingerprint density at radius 2 is 2.05 bits per heavy atom. The Kier molecular flexibility index (Phi) is 4.81. The van der Waals surface area contributed by atoms with E-state index in [4.69, 9.17) is 10.5 Å². The maximum atomic E-state index is 11.8. The quantitative estimate of drug-likeness (QED) is 0.874. The molecular formula is C16H21N3O2S. The first kappa shape index (κ1) is 16.4. The number of carbonyl (C=O) groups is 1. The Hall–Kier alpha value is -1.95. The molecule has 0 amide bonds. The molecular weight excluding hydrogens is 298 g/mol. The summed E-state index contributed by atoms with van der Waals surface area (Å²) in [4.78, 5) is 11.8. The zero-order valence-corrected chi connectivity index (χ0v) is 14.2. The van der Waals surface area contributed by atoms with Crippen molar-refractivity contribution in [2.75, 3.05) is 5.73 Å². The molecule has 5 nitrogen and oxygen atoms in total. The molecule has 1 heterocycles. The van der Waals surface area contributed by atoms with Crippen molar-refractivity contribution in [2.24, 2.45) is 0 Å². The highest BCUT2D eigenvalue weighted by atomic mass is 32.1. The number of rotatable bonds is 4. The lowest BCUT2D eigenvalue weighted by molar-refractivity contribution is -0.154. The van der Waals surface area contributed by atoms with Gasteiger partial charge in [-0.2, -0.15) is 0 Å². The van der Waals surface area contributed by atoms with Crippen LogP contribution in [0.15, 0.2) is 18.2 Å². The number of aromatic nitrogens is 2. The maximum absolute atomic E-state index is 11.8. The average Bonchev–Trinajstić information content (AvgIpc) is 2.81. The Morgan fingerprint density at radius 3 is 2.59 bits per heavy atom. The molecule has 0 aliphatic carbocycles. The summed E-state index contributed by atoms with van der Waals surface area (Å²) in [6, 6.07) is 6.07. The van der Waals surface area contributed by atoms with E-state index in [1.54, 1.807) is 0 Å². The van der Waals surface area contributed by atoms with Crippen LogP contribution in [0.4, 0.5) is 5.13 Å². The van der Waals surface area contributed by atoms with Gasteiger partial charge >= 0.3 is 5.97 Å². The van der Waals surface area contributed by atoms with Crippen LogP contribution >= 0.6 is 11.3 Å². The summed E-state index contributed by atoms with van der Waals surface area (Å²) in [6.45, 7) is 7.64. The van der Waals surface area contributed by atoms with Gasteiger partial charge in [-0.25, -0.2) is 0 Å². The van der Waals surface area contributed by atoms with Crippen LogP contribution < -0.4 is 5.73 Å². The van der Waals surface area contributed by atoms with Crippen molar-refractivity contribution in [2.45, 2.75) is 46.1 Å². The number of esters is 1. The zero-order chi connectivity index (χ0) is 16.3. The molecule has 0 atom stereocenters. The number of ether oxygens (including phenoxy) is 1. The molecule has 0 aliphatic heterocycles. The summed E-state index contributed by atoms with van der Waals surface area (Å²) in [7, 11) is 0. The fourth-order valence-corrected chi connectivity index (χ4v) is 2.80. The minimum atomic E-state index is -0.436. The van der Waals surface area contributed by atoms with Gasteiger partial charge in [-0.15, -0.1) is 10.2 Å². The molecule has 0 saturated carbocycles. The minimum absolute atomic E-state index is 0.175. The number of hydrogen-bond donors (Lipinski definition) is 1. The first-order chi connectivity index (χ1) is 10.2. The number of anilines is 1. The third-order valence-corrected chi connectivity index (χ3v) is 3.79. The summed E-state index contributed by atoms with van der Waals surface area (Å²) >= 11 is 1.37. The number of hydrogen-bond acceptors (Lipinski definition) is 6. The van der Waals surface area contributed by atoms with Gasteiger partial charge in [0.25, 0.3) is 0 Å². The fraction of sp³-hybridized carbons (Fsp3) is 0.438. The van der Waals surface area contributed by atoms with Crippen LogP contribution in [-0.2, 0) is 16.0 Å². The van der Waals surface area contributed by atoms with E-state index in [1.807, 2.05) is 39.8 Å². The maximum Gasteiger partial charge on any atom is 0.306 e. The van der Waals surface area contributed by atoms with E-state index in [1.165, 1.54) is 11.3 Å². The van der Waals surface area contributed by atoms with Crippen LogP contribution in [-0.4, -0.2) is 21.8 Å². The van der Waals surface area contributed by atoms with Crippen LogP contribution in [0, 0.1) is 6.92 Å². The second-order valence-corrected chi connectivity index (χ2v) is 7.19. The minimum Gasteiger partial charge on any atom is -0.460 e. The van der Waals surface area contributed by atoms with E-state index >= 15 is 0 Å². The van der Waals surface area contributed by atoms with Crippen LogP contribution in [0.3, 0.4) is 0 Å². The van der Waals surface area contributed by atoms with Gasteiger partial charge in [0.1, 0.15) is 10.6 Å². The van der Waals surface area contributed by atoms with Crippen LogP contribution in [0.2, 0.25) is 0 Å². The lowest BCUT2D eigenvalue weighted by atomic mass is 10.0. The molecule has 2 aromatic rings. The van der Waals surface area contributed by atoms with E-state index in [-0.39, 0.29) is 5.97 Å². The van der Waals surface area contributed by atoms with Gasteiger partial charge in [-0.3, -0.25) is 4.79 Å². The predicted molar refractivity (Wildman–Crippen MR) is 88.7 cm³/mol. The van der Waals surface area contributed by atoms with Crippen LogP contribution in [0.25, 0.3) is 10.6 Å². The molecule has 6 heteroatoms. The Labute approximate surface area is 134 Å². The molecule has 1 aromatic carbocycles. The van der Waals surface area contributed by atoms with Gasteiger partial charge in [-0.05, 0) is 45.2 Å². The van der Waals surface area contributed by atoms with E-state index in [9.17, 15) is 4.79 Å². The number of carbonyl (C=O) groups excluding carboxylic acids is 1. The average molecular weight is 319 g/mol. The number of nitrogen functional groups attached to an aromatic ring is 1. The summed E-state index contributed by atoms with van der Waals surface area (Å²) in [6.07, 6.45) is 1.04. The Morgan fingerprint density at radius 1 is 1.32 bits per heavy atom. The number of nitrogens with two attached hydrogens (primary N) is 1. The number of benzene rings is 1. The molecule has 0 bridgehead atoms. The Balaban J connectivity index is 2.02. The van der Waals surface area contributed by atoms with Crippen LogP contribution in [0.5, 0.6) is 0 Å². The van der Waals surface area contributed by atoms with Crippen molar-refractivity contribution < 1.29 is 9.53 Å². The summed E-state index contributed by atoms with van der Waals surface area (Å²) in [5.41, 5.74) is 8.40. The summed E-state index contributed by atoms with van der Waals surface area (Å²) in [5.74, 6) is -0.175. The number of nitrogens with zero attached hydrogens (tertiary/aromatic N) is 2. The highest BCUT2D eigenvalue weighted by Gasteiger charge is 2.16. The molecule has 2 rings (SSSR count). The topological polar surface area (TPSA) is 78.1 Å². The molecule has 0 aliphatic rings. The molecule has 0 saturated heterocycles. The van der Waals surface area contributed by atoms with Gasteiger partial charge in [0.15, 0.2) is 0 Å². The van der Waals surface area contributed by atoms with Crippen molar-refractivity contribution in [3.63, 3.8) is 0 Å². The lowest BCUT2D eigenvalue weighted by Gasteiger charge is -2.19. The molecule has 118 valence electrons. The fourth-order valence-electron chi connectivity index (χ4n) is 2.10. The molecule has 22 heavy (non-hydrogen) atoms. The SMILES string of the molecule is Cc1cc(CCC(=O)OC(C)(C)C)ccc1-c1nnc(N)s1. The first-order valence-corrected chi connectivity index (χ1v) is 7.97. The van der Waals surface area contributed by atoms with Crippen molar-refractivity contribution in [1.29, 1.82) is 0 Å². The zero-order valence-electron chi connectivity index (χ0n) is 13.3. The molecule has 2 N–H and O–H groups in total. The van der Waals surface area contributed by atoms with Crippen LogP contribution in [0.1, 0.15) is 38.3 Å². The molecule has 0 spiro atoms. The largest absolute Gasteiger partial charge is 0.460 e. The van der Waals surface area contributed by atoms with E-state index in [0.29, 0.717) is 18.0 Å². The normalized spacial score (nSPS) is 11.5. The smallest absolute Gasteiger partial charge is 0.306 e. The third kappa shape index (κ3) is 4.53. The standard InChI is InChI=1S/C16H21N3O2S/c1-10-9-11(6-8-13(20)21-16(2,3)4)5-7-12(10)14-18-19-15(17)22-14/h5,7,9H,6,8H2,1-4H3,(H2,17,19). The van der Waals surface area contributed by atoms with E-state index in [2.05, 4.69) is 16.3 Å². The molecule has 0 fully saturated rings. The summed E-state index contributed by atoms with van der Waals surface area (Å²) < 4.78 is 5.32. The van der Waals surface area contributed by atoms with Crippen molar-refractivity contribution in [3.05, 3.63) is 29.3 Å². The van der Waals surface area contributed by atoms with E-state index in [0.717, 1.165) is 21.7 Å². The van der Waals surface area contributed by atoms with Crippen molar-refractivity contribution >= 4 is 22.4 Å². The Bertz CT molecular complexity index is 674. The van der Waals surface area contributed by atoms with E-state index < -0.39 is 5.60 Å². The van der Waals surface area contributed by atoms with Gasteiger partial charge < -0.3 is 10.5 Å². The molecule has 1 aromatic heterocycles. The van der Waals surface area contributed by atoms with Gasteiger partial charge in [0, 0.05) is 12.0 Å².